The summed E-state index contributed by atoms with van der Waals surface area (Å²) >= 11 is 0. The quantitative estimate of drug-likeness (QED) is 0.414. The highest BCUT2D eigenvalue weighted by Crippen LogP contribution is 2.37. The average molecular weight is 415 g/mol. The number of nitrogens with one attached hydrogen (secondary N) is 2. The van der Waals surface area contributed by atoms with Crippen molar-refractivity contribution in [1.82, 2.24) is 10.3 Å². The number of methoxy groups -OCH3 is 1. The van der Waals surface area contributed by atoms with Crippen LogP contribution in [0.4, 0.5) is 16.2 Å². The molecule has 158 valence electrons. The molecule has 0 spiro atoms. The number of benzene rings is 3. The number of carbonyl (C=O) groups excluding carboxylic acids is 1. The molecular formula is C25H25N3O3. The second kappa shape index (κ2) is 8.52. The second-order valence-electron chi connectivity index (χ2n) is 7.50. The Bertz CT molecular complexity index is 1280. The molecule has 0 aliphatic rings. The molecule has 4 aromatic rings. The highest BCUT2D eigenvalue weighted by Gasteiger charge is 2.13. The normalized spacial score (nSPS) is 10.8. The molecule has 0 fully saturated rings. The fraction of sp³-hybridized carbons (Fsp3) is 0.200. The number of aryl methyl sites for hydroxylation is 2. The summed E-state index contributed by atoms with van der Waals surface area (Å²) in [4.78, 5) is 16.3. The maximum absolute atomic E-state index is 11.4. The van der Waals surface area contributed by atoms with Gasteiger partial charge in [-0.1, -0.05) is 23.8 Å². The van der Waals surface area contributed by atoms with Crippen LogP contribution >= 0.6 is 0 Å². The third-order valence-corrected chi connectivity index (χ3v) is 5.22. The Balaban J connectivity index is 1.83. The minimum Gasteiger partial charge on any atom is -0.496 e. The van der Waals surface area contributed by atoms with Crippen LogP contribution < -0.4 is 15.4 Å². The van der Waals surface area contributed by atoms with Crippen molar-refractivity contribution in [3.63, 3.8) is 0 Å². The summed E-state index contributed by atoms with van der Waals surface area (Å²) in [5.74, 6) is 0.817. The Kier molecular flexibility index (Phi) is 5.62. The molecule has 3 aromatic carbocycles. The van der Waals surface area contributed by atoms with E-state index < -0.39 is 6.09 Å². The first-order valence-electron chi connectivity index (χ1n) is 10.1. The van der Waals surface area contributed by atoms with Gasteiger partial charge >= 0.3 is 6.09 Å². The maximum Gasteiger partial charge on any atom is 0.407 e. The number of aromatic nitrogens is 1. The summed E-state index contributed by atoms with van der Waals surface area (Å²) in [6.07, 6.45) is -0.456. The number of ether oxygens (including phenoxy) is 2. The molecule has 0 aliphatic heterocycles. The maximum atomic E-state index is 11.4. The Morgan fingerprint density at radius 2 is 1.81 bits per heavy atom. The number of nitrogens with zero attached hydrogens (tertiary/aromatic N) is 1. The Morgan fingerprint density at radius 3 is 2.58 bits per heavy atom. The van der Waals surface area contributed by atoms with Crippen molar-refractivity contribution in [2.24, 2.45) is 0 Å². The minimum absolute atomic E-state index is 0.194. The van der Waals surface area contributed by atoms with Crippen LogP contribution in [0.15, 0.2) is 54.6 Å². The van der Waals surface area contributed by atoms with Crippen LogP contribution in [0.5, 0.6) is 5.75 Å². The molecule has 1 aromatic heterocycles. The van der Waals surface area contributed by atoms with E-state index in [9.17, 15) is 4.79 Å². The predicted molar refractivity (Wildman–Crippen MR) is 124 cm³/mol. The standard InChI is InChI=1S/C25H25N3O3/c1-15-8-9-21-19(10-15)24(20-13-23(30-4)16(2)11-22(20)28-21)27-18-7-5-6-17(12-18)14-31-25(29)26-3/h5-13H,14H2,1-4H3,(H,26,29)(H,27,28). The van der Waals surface area contributed by atoms with E-state index in [4.69, 9.17) is 14.5 Å². The molecule has 0 bridgehead atoms. The SMILES string of the molecule is CNC(=O)OCc1cccc(Nc2c3cc(C)ccc3nc3cc(C)c(OC)cc23)c1. The van der Waals surface area contributed by atoms with Gasteiger partial charge in [0.2, 0.25) is 0 Å². The van der Waals surface area contributed by atoms with E-state index in [1.165, 1.54) is 7.05 Å². The third-order valence-electron chi connectivity index (χ3n) is 5.22. The van der Waals surface area contributed by atoms with Gasteiger partial charge in [0.25, 0.3) is 0 Å². The molecule has 1 amide bonds. The highest BCUT2D eigenvalue weighted by atomic mass is 16.5. The lowest BCUT2D eigenvalue weighted by Crippen LogP contribution is -2.18. The van der Waals surface area contributed by atoms with E-state index >= 15 is 0 Å². The van der Waals surface area contributed by atoms with Gasteiger partial charge < -0.3 is 20.1 Å². The molecule has 0 aliphatic carbocycles. The zero-order chi connectivity index (χ0) is 22.0. The number of anilines is 2. The van der Waals surface area contributed by atoms with E-state index in [0.29, 0.717) is 0 Å². The molecule has 0 unspecified atom stereocenters. The zero-order valence-corrected chi connectivity index (χ0v) is 18.1. The van der Waals surface area contributed by atoms with Crippen LogP contribution in [0.25, 0.3) is 21.8 Å². The van der Waals surface area contributed by atoms with Gasteiger partial charge in [-0.05, 0) is 61.4 Å². The van der Waals surface area contributed by atoms with Crippen molar-refractivity contribution in [2.75, 3.05) is 19.5 Å². The molecule has 6 heteroatoms. The predicted octanol–water partition coefficient (Wildman–Crippen LogP) is 5.61. The lowest BCUT2D eigenvalue weighted by molar-refractivity contribution is 0.142. The van der Waals surface area contributed by atoms with Crippen molar-refractivity contribution >= 4 is 39.3 Å². The van der Waals surface area contributed by atoms with Gasteiger partial charge in [0.05, 0.1) is 23.8 Å². The van der Waals surface area contributed by atoms with Crippen LogP contribution in [0.1, 0.15) is 16.7 Å². The number of fused-ring (bicyclic) bond motifs is 2. The number of hydrogen-bond donors (Lipinski definition) is 2. The van der Waals surface area contributed by atoms with Crippen LogP contribution in [0.2, 0.25) is 0 Å². The molecule has 1 heterocycles. The molecule has 0 saturated carbocycles. The summed E-state index contributed by atoms with van der Waals surface area (Å²) in [6, 6.07) is 18.1. The summed E-state index contributed by atoms with van der Waals surface area (Å²) in [5, 5.41) is 8.05. The van der Waals surface area contributed by atoms with Crippen LogP contribution in [0, 0.1) is 13.8 Å². The third kappa shape index (κ3) is 4.23. The van der Waals surface area contributed by atoms with Gasteiger partial charge in [-0.15, -0.1) is 0 Å². The molecule has 2 N–H and O–H groups in total. The van der Waals surface area contributed by atoms with Gasteiger partial charge in [0, 0.05) is 23.5 Å². The molecule has 4 rings (SSSR count). The molecular weight excluding hydrogens is 390 g/mol. The summed E-state index contributed by atoms with van der Waals surface area (Å²) in [7, 11) is 3.22. The molecule has 6 nitrogen and oxygen atoms in total. The molecule has 0 saturated heterocycles. The number of hydrogen-bond acceptors (Lipinski definition) is 5. The van der Waals surface area contributed by atoms with Crippen LogP contribution in [0.3, 0.4) is 0 Å². The van der Waals surface area contributed by atoms with E-state index in [-0.39, 0.29) is 6.61 Å². The van der Waals surface area contributed by atoms with Crippen molar-refractivity contribution in [3.8, 4) is 5.75 Å². The van der Waals surface area contributed by atoms with Crippen LogP contribution in [-0.4, -0.2) is 25.2 Å². The fourth-order valence-electron chi connectivity index (χ4n) is 3.65. The Morgan fingerprint density at radius 1 is 1.00 bits per heavy atom. The van der Waals surface area contributed by atoms with Crippen molar-refractivity contribution in [2.45, 2.75) is 20.5 Å². The first kappa shape index (κ1) is 20.5. The topological polar surface area (TPSA) is 72.5 Å². The van der Waals surface area contributed by atoms with Crippen molar-refractivity contribution < 1.29 is 14.3 Å². The van der Waals surface area contributed by atoms with E-state index in [2.05, 4.69) is 29.7 Å². The monoisotopic (exact) mass is 415 g/mol. The van der Waals surface area contributed by atoms with Gasteiger partial charge in [-0.3, -0.25) is 0 Å². The smallest absolute Gasteiger partial charge is 0.407 e. The fourth-order valence-corrected chi connectivity index (χ4v) is 3.65. The number of rotatable bonds is 5. The first-order chi connectivity index (χ1) is 15.0. The lowest BCUT2D eigenvalue weighted by Gasteiger charge is -2.16. The second-order valence-corrected chi connectivity index (χ2v) is 7.50. The Labute approximate surface area is 181 Å². The van der Waals surface area contributed by atoms with Crippen molar-refractivity contribution in [3.05, 3.63) is 71.3 Å². The summed E-state index contributed by atoms with van der Waals surface area (Å²) in [5.41, 5.74) is 6.76. The van der Waals surface area contributed by atoms with Gasteiger partial charge in [-0.2, -0.15) is 0 Å². The number of pyridine rings is 1. The minimum atomic E-state index is -0.456. The first-order valence-corrected chi connectivity index (χ1v) is 10.1. The summed E-state index contributed by atoms with van der Waals surface area (Å²) in [6.45, 7) is 4.28. The lowest BCUT2D eigenvalue weighted by atomic mass is 10.0. The largest absolute Gasteiger partial charge is 0.496 e. The highest BCUT2D eigenvalue weighted by molar-refractivity contribution is 6.09. The van der Waals surface area contributed by atoms with Gasteiger partial charge in [-0.25, -0.2) is 9.78 Å². The zero-order valence-electron chi connectivity index (χ0n) is 18.1. The molecule has 0 atom stereocenters. The van der Waals surface area contributed by atoms with E-state index in [1.54, 1.807) is 7.11 Å². The molecule has 31 heavy (non-hydrogen) atoms. The van der Waals surface area contributed by atoms with Crippen LogP contribution in [-0.2, 0) is 11.3 Å². The molecule has 0 radical (unpaired) electrons. The number of amides is 1. The van der Waals surface area contributed by atoms with E-state index in [0.717, 1.165) is 55.6 Å². The van der Waals surface area contributed by atoms with E-state index in [1.807, 2.05) is 49.4 Å². The Hall–Kier alpha value is -3.80. The van der Waals surface area contributed by atoms with Crippen molar-refractivity contribution in [1.29, 1.82) is 0 Å². The average Bonchev–Trinajstić information content (AvgIpc) is 2.77. The summed E-state index contributed by atoms with van der Waals surface area (Å²) < 4.78 is 10.7. The number of alkyl carbamates (subject to hydrolysis) is 1. The van der Waals surface area contributed by atoms with Gasteiger partial charge in [0.1, 0.15) is 12.4 Å². The van der Waals surface area contributed by atoms with Gasteiger partial charge in [0.15, 0.2) is 0 Å². The number of carbonyl (C=O) groups is 1.